The zero-order valence-electron chi connectivity index (χ0n) is 11.6. The summed E-state index contributed by atoms with van der Waals surface area (Å²) >= 11 is 5.28. The van der Waals surface area contributed by atoms with Gasteiger partial charge < -0.3 is 14.6 Å². The summed E-state index contributed by atoms with van der Waals surface area (Å²) in [5.41, 5.74) is 1.25. The van der Waals surface area contributed by atoms with Gasteiger partial charge in [0.2, 0.25) is 0 Å². The van der Waals surface area contributed by atoms with Crippen molar-refractivity contribution in [2.75, 3.05) is 20.3 Å². The Balaban J connectivity index is 1.97. The van der Waals surface area contributed by atoms with Gasteiger partial charge in [-0.15, -0.1) is 0 Å². The van der Waals surface area contributed by atoms with Crippen LogP contribution in [0.1, 0.15) is 5.56 Å². The van der Waals surface area contributed by atoms with Crippen LogP contribution in [0.3, 0.4) is 0 Å². The second-order valence-electron chi connectivity index (χ2n) is 4.36. The number of aromatic nitrogens is 2. The maximum atomic E-state index is 5.01. The maximum absolute atomic E-state index is 5.01. The standard InChI is InChI=1S/C14H18BrN3OS/c1-18-7-5-17-14(18)20-13-4-3-11(9-12(13)15)10-16-6-8-19-2/h3-5,7,9,16H,6,8,10H2,1-2H3. The van der Waals surface area contributed by atoms with E-state index >= 15 is 0 Å². The van der Waals surface area contributed by atoms with Crippen molar-refractivity contribution in [2.45, 2.75) is 16.6 Å². The minimum Gasteiger partial charge on any atom is -0.383 e. The van der Waals surface area contributed by atoms with Gasteiger partial charge in [-0.2, -0.15) is 0 Å². The fourth-order valence-corrected chi connectivity index (χ4v) is 3.17. The number of methoxy groups -OCH3 is 1. The quantitative estimate of drug-likeness (QED) is 0.774. The molecule has 0 spiro atoms. The lowest BCUT2D eigenvalue weighted by Gasteiger charge is -2.08. The molecule has 2 rings (SSSR count). The van der Waals surface area contributed by atoms with Crippen LogP contribution < -0.4 is 5.32 Å². The highest BCUT2D eigenvalue weighted by atomic mass is 79.9. The van der Waals surface area contributed by atoms with E-state index in [-0.39, 0.29) is 0 Å². The second kappa shape index (κ2) is 7.83. The first-order valence-corrected chi connectivity index (χ1v) is 7.95. The van der Waals surface area contributed by atoms with Crippen LogP contribution in [0.2, 0.25) is 0 Å². The molecule has 20 heavy (non-hydrogen) atoms. The van der Waals surface area contributed by atoms with E-state index in [1.807, 2.05) is 24.0 Å². The van der Waals surface area contributed by atoms with Crippen molar-refractivity contribution in [2.24, 2.45) is 7.05 Å². The molecule has 0 amide bonds. The normalized spacial score (nSPS) is 10.9. The Morgan fingerprint density at radius 3 is 2.95 bits per heavy atom. The third-order valence-corrected chi connectivity index (χ3v) is 4.86. The van der Waals surface area contributed by atoms with Crippen LogP contribution >= 0.6 is 27.7 Å². The largest absolute Gasteiger partial charge is 0.383 e. The zero-order valence-corrected chi connectivity index (χ0v) is 14.0. The smallest absolute Gasteiger partial charge is 0.172 e. The molecule has 1 heterocycles. The van der Waals surface area contributed by atoms with E-state index in [9.17, 15) is 0 Å². The average molecular weight is 356 g/mol. The molecule has 0 unspecified atom stereocenters. The van der Waals surface area contributed by atoms with Crippen LogP contribution in [-0.4, -0.2) is 29.8 Å². The van der Waals surface area contributed by atoms with Crippen LogP contribution in [0.15, 0.2) is 45.1 Å². The number of nitrogens with zero attached hydrogens (tertiary/aromatic N) is 2. The number of aryl methyl sites for hydroxylation is 1. The van der Waals surface area contributed by atoms with Crippen molar-refractivity contribution in [1.29, 1.82) is 0 Å². The molecule has 108 valence electrons. The van der Waals surface area contributed by atoms with E-state index in [4.69, 9.17) is 4.74 Å². The van der Waals surface area contributed by atoms with E-state index < -0.39 is 0 Å². The van der Waals surface area contributed by atoms with E-state index in [0.717, 1.165) is 29.3 Å². The molecule has 0 atom stereocenters. The van der Waals surface area contributed by atoms with Gasteiger partial charge in [0.1, 0.15) is 0 Å². The van der Waals surface area contributed by atoms with Crippen LogP contribution in [-0.2, 0) is 18.3 Å². The number of ether oxygens (including phenoxy) is 1. The topological polar surface area (TPSA) is 39.1 Å². The molecule has 0 fully saturated rings. The fourth-order valence-electron chi connectivity index (χ4n) is 1.69. The highest BCUT2D eigenvalue weighted by Crippen LogP contribution is 2.32. The van der Waals surface area contributed by atoms with Gasteiger partial charge in [0.05, 0.1) is 6.61 Å². The number of benzene rings is 1. The molecule has 6 heteroatoms. The first-order chi connectivity index (χ1) is 9.70. The molecule has 0 saturated carbocycles. The van der Waals surface area contributed by atoms with Gasteiger partial charge in [0, 0.05) is 49.0 Å². The summed E-state index contributed by atoms with van der Waals surface area (Å²) in [4.78, 5) is 5.49. The van der Waals surface area contributed by atoms with Crippen molar-refractivity contribution in [3.05, 3.63) is 40.6 Å². The van der Waals surface area contributed by atoms with Crippen molar-refractivity contribution >= 4 is 27.7 Å². The SMILES string of the molecule is COCCNCc1ccc(Sc2nccn2C)c(Br)c1. The lowest BCUT2D eigenvalue weighted by atomic mass is 10.2. The summed E-state index contributed by atoms with van der Waals surface area (Å²) in [5.74, 6) is 0. The molecule has 0 aliphatic rings. The first kappa shape index (κ1) is 15.6. The Morgan fingerprint density at radius 2 is 2.30 bits per heavy atom. The predicted octanol–water partition coefficient (Wildman–Crippen LogP) is 3.07. The van der Waals surface area contributed by atoms with Crippen molar-refractivity contribution < 1.29 is 4.74 Å². The van der Waals surface area contributed by atoms with Crippen LogP contribution in [0, 0.1) is 0 Å². The fraction of sp³-hybridized carbons (Fsp3) is 0.357. The van der Waals surface area contributed by atoms with Crippen molar-refractivity contribution in [3.8, 4) is 0 Å². The molecule has 4 nitrogen and oxygen atoms in total. The predicted molar refractivity (Wildman–Crippen MR) is 85.1 cm³/mol. The minimum atomic E-state index is 0.730. The van der Waals surface area contributed by atoms with Gasteiger partial charge in [-0.3, -0.25) is 0 Å². The molecule has 1 N–H and O–H groups in total. The lowest BCUT2D eigenvalue weighted by molar-refractivity contribution is 0.199. The number of hydrogen-bond donors (Lipinski definition) is 1. The van der Waals surface area contributed by atoms with Gasteiger partial charge >= 0.3 is 0 Å². The van der Waals surface area contributed by atoms with Crippen molar-refractivity contribution in [1.82, 2.24) is 14.9 Å². The Bertz CT molecular complexity index is 559. The number of hydrogen-bond acceptors (Lipinski definition) is 4. The van der Waals surface area contributed by atoms with E-state index in [1.54, 1.807) is 18.9 Å². The molecule has 0 bridgehead atoms. The average Bonchev–Trinajstić information content (AvgIpc) is 2.83. The van der Waals surface area contributed by atoms with E-state index in [0.29, 0.717) is 0 Å². The molecule has 1 aromatic heterocycles. The van der Waals surface area contributed by atoms with Crippen LogP contribution in [0.25, 0.3) is 0 Å². The number of imidazole rings is 1. The van der Waals surface area contributed by atoms with E-state index in [2.05, 4.69) is 44.4 Å². The van der Waals surface area contributed by atoms with Crippen LogP contribution in [0.5, 0.6) is 0 Å². The van der Waals surface area contributed by atoms with Gasteiger partial charge in [-0.1, -0.05) is 17.8 Å². The van der Waals surface area contributed by atoms with Crippen LogP contribution in [0.4, 0.5) is 0 Å². The molecular weight excluding hydrogens is 338 g/mol. The number of rotatable bonds is 7. The first-order valence-electron chi connectivity index (χ1n) is 6.34. The zero-order chi connectivity index (χ0) is 14.4. The third kappa shape index (κ3) is 4.34. The van der Waals surface area contributed by atoms with E-state index in [1.165, 1.54) is 10.5 Å². The molecule has 0 saturated heterocycles. The minimum absolute atomic E-state index is 0.730. The van der Waals surface area contributed by atoms with Gasteiger partial charge in [0.15, 0.2) is 5.16 Å². The number of halogens is 1. The van der Waals surface area contributed by atoms with Crippen molar-refractivity contribution in [3.63, 3.8) is 0 Å². The maximum Gasteiger partial charge on any atom is 0.172 e. The summed E-state index contributed by atoms with van der Waals surface area (Å²) in [5, 5.41) is 4.32. The van der Waals surface area contributed by atoms with Gasteiger partial charge in [-0.05, 0) is 33.6 Å². The Morgan fingerprint density at radius 1 is 1.45 bits per heavy atom. The summed E-state index contributed by atoms with van der Waals surface area (Å²) in [6, 6.07) is 6.40. The summed E-state index contributed by atoms with van der Waals surface area (Å²) in [7, 11) is 3.71. The van der Waals surface area contributed by atoms with Gasteiger partial charge in [0.25, 0.3) is 0 Å². The second-order valence-corrected chi connectivity index (χ2v) is 6.22. The Hall–Kier alpha value is -0.820. The Kier molecular flexibility index (Phi) is 6.09. The summed E-state index contributed by atoms with van der Waals surface area (Å²) in [6.45, 7) is 2.43. The highest BCUT2D eigenvalue weighted by molar-refractivity contribution is 9.10. The highest BCUT2D eigenvalue weighted by Gasteiger charge is 2.07. The molecule has 0 aliphatic carbocycles. The van der Waals surface area contributed by atoms with Gasteiger partial charge in [-0.25, -0.2) is 4.98 Å². The molecular formula is C14H18BrN3OS. The lowest BCUT2D eigenvalue weighted by Crippen LogP contribution is -2.18. The molecule has 0 aliphatic heterocycles. The summed E-state index contributed by atoms with van der Waals surface area (Å²) < 4.78 is 8.11. The summed E-state index contributed by atoms with van der Waals surface area (Å²) in [6.07, 6.45) is 3.76. The molecule has 0 radical (unpaired) electrons. The molecule has 2 aromatic rings. The monoisotopic (exact) mass is 355 g/mol. The Labute approximate surface area is 132 Å². The molecule has 1 aromatic carbocycles. The number of nitrogens with one attached hydrogen (secondary N) is 1. The third-order valence-electron chi connectivity index (χ3n) is 2.79.